The molecule has 0 aromatic heterocycles. The van der Waals surface area contributed by atoms with E-state index in [2.05, 4.69) is 16.0 Å². The van der Waals surface area contributed by atoms with Gasteiger partial charge in [0, 0.05) is 6.54 Å². The largest absolute Gasteiger partial charge is 0.459 e. The molecule has 0 unspecified atom stereocenters. The number of carbonyl (C=O) groups is 4. The fourth-order valence-corrected chi connectivity index (χ4v) is 4.50. The van der Waals surface area contributed by atoms with Crippen LogP contribution in [0.25, 0.3) is 0 Å². The van der Waals surface area contributed by atoms with E-state index in [4.69, 9.17) is 18.9 Å². The maximum atomic E-state index is 13.7. The van der Waals surface area contributed by atoms with Gasteiger partial charge in [0.2, 0.25) is 5.91 Å². The number of amides is 3. The van der Waals surface area contributed by atoms with Gasteiger partial charge in [-0.3, -0.25) is 4.79 Å². The van der Waals surface area contributed by atoms with E-state index < -0.39 is 47.9 Å². The summed E-state index contributed by atoms with van der Waals surface area (Å²) in [7, 11) is 0. The number of nitrogens with one attached hydrogen (secondary N) is 3. The highest BCUT2D eigenvalue weighted by atomic mass is 16.6. The Bertz CT molecular complexity index is 1410. The van der Waals surface area contributed by atoms with Crippen molar-refractivity contribution in [2.45, 2.75) is 90.6 Å². The van der Waals surface area contributed by atoms with Crippen LogP contribution in [-0.4, -0.2) is 54.4 Å². The highest BCUT2D eigenvalue weighted by Gasteiger charge is 2.33. The Morgan fingerprint density at radius 3 is 1.73 bits per heavy atom. The molecule has 3 N–H and O–H groups in total. The average molecular weight is 662 g/mol. The summed E-state index contributed by atoms with van der Waals surface area (Å²) in [6.07, 6.45) is -0.944. The molecule has 3 rings (SSSR count). The second kappa shape index (κ2) is 19.7. The second-order valence-corrected chi connectivity index (χ2v) is 12.3. The molecule has 3 atom stereocenters. The maximum Gasteiger partial charge on any atom is 0.408 e. The van der Waals surface area contributed by atoms with E-state index in [1.807, 2.05) is 91.0 Å². The lowest BCUT2D eigenvalue weighted by Gasteiger charge is -2.27. The molecule has 3 aromatic carbocycles. The molecule has 3 aromatic rings. The smallest absolute Gasteiger partial charge is 0.408 e. The molecule has 48 heavy (non-hydrogen) atoms. The first-order chi connectivity index (χ1) is 23.0. The normalized spacial score (nSPS) is 12.9. The third-order valence-electron chi connectivity index (χ3n) is 7.01. The second-order valence-electron chi connectivity index (χ2n) is 12.3. The highest BCUT2D eigenvalue weighted by Crippen LogP contribution is 2.12. The summed E-state index contributed by atoms with van der Waals surface area (Å²) in [6.45, 7) is 7.50. The van der Waals surface area contributed by atoms with Crippen molar-refractivity contribution in [3.05, 3.63) is 108 Å². The Morgan fingerprint density at radius 1 is 0.667 bits per heavy atom. The van der Waals surface area contributed by atoms with Gasteiger partial charge < -0.3 is 34.9 Å². The Hall–Kier alpha value is -4.90. The lowest BCUT2D eigenvalue weighted by Crippen LogP contribution is -2.56. The minimum absolute atomic E-state index is 0.0117. The van der Waals surface area contributed by atoms with Gasteiger partial charge in [-0.25, -0.2) is 14.4 Å². The van der Waals surface area contributed by atoms with Crippen molar-refractivity contribution in [3.8, 4) is 0 Å². The summed E-state index contributed by atoms with van der Waals surface area (Å²) in [5.41, 5.74) is 1.76. The van der Waals surface area contributed by atoms with Crippen LogP contribution in [-0.2, 0) is 48.4 Å². The molecule has 0 radical (unpaired) electrons. The van der Waals surface area contributed by atoms with E-state index >= 15 is 0 Å². The Morgan fingerprint density at radius 2 is 1.19 bits per heavy atom. The minimum atomic E-state index is -1.17. The van der Waals surface area contributed by atoms with Gasteiger partial charge >= 0.3 is 18.2 Å². The molecule has 0 bridgehead atoms. The van der Waals surface area contributed by atoms with Crippen LogP contribution in [0.3, 0.4) is 0 Å². The molecule has 258 valence electrons. The molecule has 11 heteroatoms. The lowest BCUT2D eigenvalue weighted by atomic mass is 10.1. The van der Waals surface area contributed by atoms with Crippen LogP contribution < -0.4 is 16.0 Å². The lowest BCUT2D eigenvalue weighted by molar-refractivity contribution is -0.154. The predicted molar refractivity (Wildman–Crippen MR) is 181 cm³/mol. The van der Waals surface area contributed by atoms with Crippen molar-refractivity contribution in [1.29, 1.82) is 0 Å². The number of rotatable bonds is 17. The van der Waals surface area contributed by atoms with Crippen LogP contribution in [0.1, 0.15) is 63.6 Å². The Balaban J connectivity index is 1.62. The Labute approximate surface area is 282 Å². The van der Waals surface area contributed by atoms with E-state index in [1.165, 1.54) is 0 Å². The molecule has 0 saturated carbocycles. The Kier molecular flexibility index (Phi) is 15.4. The van der Waals surface area contributed by atoms with Crippen molar-refractivity contribution < 1.29 is 38.1 Å². The minimum Gasteiger partial charge on any atom is -0.459 e. The van der Waals surface area contributed by atoms with E-state index in [9.17, 15) is 19.2 Å². The average Bonchev–Trinajstić information content (AvgIpc) is 3.07. The maximum absolute atomic E-state index is 13.7. The van der Waals surface area contributed by atoms with Gasteiger partial charge in [-0.2, -0.15) is 0 Å². The molecule has 0 aliphatic heterocycles. The SMILES string of the molecule is C[C@@H](OCc1ccccc1)[C@H](NC(=O)[C@H](CCCCNC(=O)OCc1ccccc1)NC(=O)OC(C)(C)C)C(=O)OCc1ccccc1. The van der Waals surface area contributed by atoms with Crippen molar-refractivity contribution in [1.82, 2.24) is 16.0 Å². The molecular formula is C37H47N3O8. The molecular weight excluding hydrogens is 614 g/mol. The number of ether oxygens (including phenoxy) is 4. The molecule has 11 nitrogen and oxygen atoms in total. The monoisotopic (exact) mass is 661 g/mol. The van der Waals surface area contributed by atoms with Crippen LogP contribution in [0.2, 0.25) is 0 Å². The van der Waals surface area contributed by atoms with Gasteiger partial charge in [0.05, 0.1) is 12.7 Å². The van der Waals surface area contributed by atoms with Crippen molar-refractivity contribution in [2.75, 3.05) is 6.54 Å². The topological polar surface area (TPSA) is 141 Å². The van der Waals surface area contributed by atoms with E-state index in [1.54, 1.807) is 27.7 Å². The van der Waals surface area contributed by atoms with Crippen LogP contribution >= 0.6 is 0 Å². The highest BCUT2D eigenvalue weighted by molar-refractivity contribution is 5.90. The van der Waals surface area contributed by atoms with E-state index in [-0.39, 0.29) is 26.2 Å². The van der Waals surface area contributed by atoms with Gasteiger partial charge in [0.15, 0.2) is 6.04 Å². The van der Waals surface area contributed by atoms with Crippen molar-refractivity contribution >= 4 is 24.1 Å². The molecule has 0 saturated heterocycles. The number of alkyl carbamates (subject to hydrolysis) is 2. The number of unbranched alkanes of at least 4 members (excludes halogenated alkanes) is 1. The van der Waals surface area contributed by atoms with Crippen molar-refractivity contribution in [3.63, 3.8) is 0 Å². The summed E-state index contributed by atoms with van der Waals surface area (Å²) < 4.78 is 22.2. The van der Waals surface area contributed by atoms with Crippen LogP contribution in [0.4, 0.5) is 9.59 Å². The first-order valence-electron chi connectivity index (χ1n) is 16.1. The number of esters is 1. The number of hydrogen-bond acceptors (Lipinski definition) is 8. The summed E-state index contributed by atoms with van der Waals surface area (Å²) in [5.74, 6) is -1.28. The zero-order valence-electron chi connectivity index (χ0n) is 28.1. The van der Waals surface area contributed by atoms with Gasteiger partial charge in [0.1, 0.15) is 24.9 Å². The van der Waals surface area contributed by atoms with Crippen molar-refractivity contribution in [2.24, 2.45) is 0 Å². The fourth-order valence-electron chi connectivity index (χ4n) is 4.50. The van der Waals surface area contributed by atoms with Gasteiger partial charge in [-0.15, -0.1) is 0 Å². The van der Waals surface area contributed by atoms with Gasteiger partial charge in [-0.1, -0.05) is 91.0 Å². The van der Waals surface area contributed by atoms with E-state index in [0.29, 0.717) is 19.4 Å². The molecule has 0 aliphatic rings. The number of carbonyl (C=O) groups excluding carboxylic acids is 4. The molecule has 0 heterocycles. The zero-order valence-corrected chi connectivity index (χ0v) is 28.1. The predicted octanol–water partition coefficient (Wildman–Crippen LogP) is 5.81. The van der Waals surface area contributed by atoms with Crippen LogP contribution in [0, 0.1) is 0 Å². The third-order valence-corrected chi connectivity index (χ3v) is 7.01. The molecule has 3 amide bonds. The summed E-state index contributed by atoms with van der Waals surface area (Å²) >= 11 is 0. The first-order valence-corrected chi connectivity index (χ1v) is 16.1. The zero-order chi connectivity index (χ0) is 34.8. The molecule has 0 aliphatic carbocycles. The number of hydrogen-bond donors (Lipinski definition) is 3. The fraction of sp³-hybridized carbons (Fsp3) is 0.405. The van der Waals surface area contributed by atoms with Crippen LogP contribution in [0.15, 0.2) is 91.0 Å². The molecule has 0 fully saturated rings. The van der Waals surface area contributed by atoms with Gasteiger partial charge in [-0.05, 0) is 63.6 Å². The standard InChI is InChI=1S/C37H47N3O8/c1-27(45-24-28-16-8-5-9-17-28)32(34(42)46-25-29-18-10-6-11-19-29)40-33(41)31(39-36(44)48-37(2,3)4)22-14-15-23-38-35(43)47-26-30-20-12-7-13-21-30/h5-13,16-21,27,31-32H,14-15,22-26H2,1-4H3,(H,38,43)(H,39,44)(H,40,41)/t27-,31+,32+/m1/s1. The first kappa shape index (κ1) is 37.6. The van der Waals surface area contributed by atoms with Crippen LogP contribution in [0.5, 0.6) is 0 Å². The van der Waals surface area contributed by atoms with Gasteiger partial charge in [0.25, 0.3) is 0 Å². The van der Waals surface area contributed by atoms with E-state index in [0.717, 1.165) is 16.7 Å². The summed E-state index contributed by atoms with van der Waals surface area (Å²) in [5, 5.41) is 8.08. The third kappa shape index (κ3) is 14.7. The number of benzene rings is 3. The molecule has 0 spiro atoms. The summed E-state index contributed by atoms with van der Waals surface area (Å²) in [4.78, 5) is 51.9. The quantitative estimate of drug-likeness (QED) is 0.0936. The summed E-state index contributed by atoms with van der Waals surface area (Å²) in [6, 6.07) is 25.8.